The SMILES string of the molecule is CCC1C=C(F)C(=O)N(C)C1. The summed E-state index contributed by atoms with van der Waals surface area (Å²) in [6.45, 7) is 2.63. The van der Waals surface area contributed by atoms with Crippen LogP contribution in [0, 0.1) is 5.92 Å². The molecule has 1 amide bonds. The van der Waals surface area contributed by atoms with Crippen LogP contribution in [-0.2, 0) is 4.79 Å². The number of rotatable bonds is 1. The van der Waals surface area contributed by atoms with E-state index in [0.29, 0.717) is 6.54 Å². The van der Waals surface area contributed by atoms with E-state index in [0.717, 1.165) is 6.42 Å². The normalized spacial score (nSPS) is 25.4. The summed E-state index contributed by atoms with van der Waals surface area (Å²) in [5, 5.41) is 0. The van der Waals surface area contributed by atoms with Gasteiger partial charge in [0.15, 0.2) is 5.83 Å². The van der Waals surface area contributed by atoms with Gasteiger partial charge < -0.3 is 4.90 Å². The monoisotopic (exact) mass is 157 g/mol. The molecule has 0 N–H and O–H groups in total. The van der Waals surface area contributed by atoms with Gasteiger partial charge in [0.2, 0.25) is 0 Å². The summed E-state index contributed by atoms with van der Waals surface area (Å²) in [5.41, 5.74) is 0. The van der Waals surface area contributed by atoms with Crippen molar-refractivity contribution in [3.8, 4) is 0 Å². The van der Waals surface area contributed by atoms with Gasteiger partial charge in [-0.3, -0.25) is 4.79 Å². The lowest BCUT2D eigenvalue weighted by atomic mass is 10.0. The van der Waals surface area contributed by atoms with Crippen LogP contribution in [0.1, 0.15) is 13.3 Å². The van der Waals surface area contributed by atoms with Crippen LogP contribution in [-0.4, -0.2) is 24.4 Å². The average Bonchev–Trinajstić information content (AvgIpc) is 1.99. The van der Waals surface area contributed by atoms with Crippen LogP contribution in [0.5, 0.6) is 0 Å². The van der Waals surface area contributed by atoms with Crippen LogP contribution in [0.4, 0.5) is 4.39 Å². The third kappa shape index (κ3) is 1.59. The van der Waals surface area contributed by atoms with Gasteiger partial charge in [-0.2, -0.15) is 0 Å². The number of carbonyl (C=O) groups is 1. The molecule has 0 aromatic heterocycles. The lowest BCUT2D eigenvalue weighted by Crippen LogP contribution is -2.35. The van der Waals surface area contributed by atoms with Crippen LogP contribution < -0.4 is 0 Å². The Hall–Kier alpha value is -0.860. The maximum Gasteiger partial charge on any atom is 0.282 e. The first-order valence-corrected chi connectivity index (χ1v) is 3.78. The van der Waals surface area contributed by atoms with Crippen molar-refractivity contribution in [2.45, 2.75) is 13.3 Å². The van der Waals surface area contributed by atoms with E-state index in [1.54, 1.807) is 7.05 Å². The third-order valence-electron chi connectivity index (χ3n) is 1.97. The standard InChI is InChI=1S/C8H12FNO/c1-3-6-4-7(9)8(11)10(2)5-6/h4,6H,3,5H2,1-2H3. The average molecular weight is 157 g/mol. The Kier molecular flexibility index (Phi) is 2.27. The molecule has 1 atom stereocenters. The maximum absolute atomic E-state index is 12.7. The second-order valence-corrected chi connectivity index (χ2v) is 2.87. The molecule has 1 aliphatic rings. The van der Waals surface area contributed by atoms with Crippen LogP contribution in [0.3, 0.4) is 0 Å². The number of hydrogen-bond acceptors (Lipinski definition) is 1. The van der Waals surface area contributed by atoms with E-state index in [1.807, 2.05) is 6.92 Å². The molecule has 0 saturated carbocycles. The molecule has 0 aromatic rings. The van der Waals surface area contributed by atoms with Crippen molar-refractivity contribution >= 4 is 5.91 Å². The fraction of sp³-hybridized carbons (Fsp3) is 0.625. The van der Waals surface area contributed by atoms with Crippen molar-refractivity contribution in [2.24, 2.45) is 5.92 Å². The van der Waals surface area contributed by atoms with Gasteiger partial charge >= 0.3 is 0 Å². The summed E-state index contributed by atoms with van der Waals surface area (Å²) in [7, 11) is 1.62. The summed E-state index contributed by atoms with van der Waals surface area (Å²) in [6.07, 6.45) is 2.30. The highest BCUT2D eigenvalue weighted by molar-refractivity contribution is 5.91. The van der Waals surface area contributed by atoms with Gasteiger partial charge in [0, 0.05) is 13.6 Å². The zero-order chi connectivity index (χ0) is 8.43. The molecule has 0 aliphatic carbocycles. The molecule has 0 aromatic carbocycles. The molecule has 11 heavy (non-hydrogen) atoms. The Morgan fingerprint density at radius 2 is 2.45 bits per heavy atom. The van der Waals surface area contributed by atoms with E-state index in [9.17, 15) is 9.18 Å². The maximum atomic E-state index is 12.7. The van der Waals surface area contributed by atoms with Crippen molar-refractivity contribution in [3.63, 3.8) is 0 Å². The summed E-state index contributed by atoms with van der Waals surface area (Å²) >= 11 is 0. The highest BCUT2D eigenvalue weighted by atomic mass is 19.1. The molecule has 1 heterocycles. The molecule has 0 fully saturated rings. The van der Waals surface area contributed by atoms with Crippen molar-refractivity contribution in [3.05, 3.63) is 11.9 Å². The zero-order valence-electron chi connectivity index (χ0n) is 6.80. The molecular weight excluding hydrogens is 145 g/mol. The van der Waals surface area contributed by atoms with Crippen LogP contribution in [0.25, 0.3) is 0 Å². The first kappa shape index (κ1) is 8.24. The number of hydrogen-bond donors (Lipinski definition) is 0. The third-order valence-corrected chi connectivity index (χ3v) is 1.97. The van der Waals surface area contributed by atoms with Crippen LogP contribution in [0.2, 0.25) is 0 Å². The molecule has 0 bridgehead atoms. The fourth-order valence-corrected chi connectivity index (χ4v) is 1.19. The highest BCUT2D eigenvalue weighted by Crippen LogP contribution is 2.17. The Morgan fingerprint density at radius 3 is 2.91 bits per heavy atom. The molecule has 1 rings (SSSR count). The number of likely N-dealkylation sites (N-methyl/N-ethyl adjacent to an activating group) is 1. The smallest absolute Gasteiger partial charge is 0.282 e. The van der Waals surface area contributed by atoms with E-state index in [1.165, 1.54) is 11.0 Å². The summed E-state index contributed by atoms with van der Waals surface area (Å²) in [5.74, 6) is -0.905. The van der Waals surface area contributed by atoms with Gasteiger partial charge in [-0.1, -0.05) is 6.92 Å². The van der Waals surface area contributed by atoms with Gasteiger partial charge in [0.05, 0.1) is 0 Å². The van der Waals surface area contributed by atoms with E-state index in [-0.39, 0.29) is 5.92 Å². The number of carbonyl (C=O) groups excluding carboxylic acids is 1. The minimum atomic E-state index is -0.606. The minimum absolute atomic E-state index is 0.192. The first-order chi connectivity index (χ1) is 5.15. The lowest BCUT2D eigenvalue weighted by molar-refractivity contribution is -0.128. The summed E-state index contributed by atoms with van der Waals surface area (Å²) < 4.78 is 12.7. The van der Waals surface area contributed by atoms with Crippen molar-refractivity contribution in [1.82, 2.24) is 4.90 Å². The van der Waals surface area contributed by atoms with Gasteiger partial charge in [-0.05, 0) is 18.4 Å². The largest absolute Gasteiger partial charge is 0.339 e. The lowest BCUT2D eigenvalue weighted by Gasteiger charge is -2.25. The number of nitrogens with zero attached hydrogens (tertiary/aromatic N) is 1. The summed E-state index contributed by atoms with van der Waals surface area (Å²) in [4.78, 5) is 12.3. The Labute approximate surface area is 65.7 Å². The zero-order valence-corrected chi connectivity index (χ0v) is 6.80. The Morgan fingerprint density at radius 1 is 1.82 bits per heavy atom. The molecule has 1 aliphatic heterocycles. The van der Waals surface area contributed by atoms with E-state index < -0.39 is 11.7 Å². The number of halogens is 1. The molecule has 0 radical (unpaired) electrons. The fourth-order valence-electron chi connectivity index (χ4n) is 1.19. The Bertz CT molecular complexity index is 200. The predicted molar refractivity (Wildman–Crippen MR) is 40.6 cm³/mol. The van der Waals surface area contributed by atoms with Gasteiger partial charge in [-0.25, -0.2) is 4.39 Å². The van der Waals surface area contributed by atoms with Crippen molar-refractivity contribution in [1.29, 1.82) is 0 Å². The quantitative estimate of drug-likeness (QED) is 0.562. The molecule has 1 unspecified atom stereocenters. The molecule has 62 valence electrons. The topological polar surface area (TPSA) is 20.3 Å². The highest BCUT2D eigenvalue weighted by Gasteiger charge is 2.23. The molecule has 0 saturated heterocycles. The Balaban J connectivity index is 2.76. The van der Waals surface area contributed by atoms with Crippen molar-refractivity contribution < 1.29 is 9.18 Å². The van der Waals surface area contributed by atoms with E-state index in [2.05, 4.69) is 0 Å². The second-order valence-electron chi connectivity index (χ2n) is 2.87. The first-order valence-electron chi connectivity index (χ1n) is 3.78. The molecule has 0 spiro atoms. The second kappa shape index (κ2) is 3.03. The van der Waals surface area contributed by atoms with Gasteiger partial charge in [0.25, 0.3) is 5.91 Å². The van der Waals surface area contributed by atoms with Crippen molar-refractivity contribution in [2.75, 3.05) is 13.6 Å². The molecule has 2 nitrogen and oxygen atoms in total. The van der Waals surface area contributed by atoms with Gasteiger partial charge in [0.1, 0.15) is 0 Å². The molecule has 3 heteroatoms. The van der Waals surface area contributed by atoms with E-state index >= 15 is 0 Å². The predicted octanol–water partition coefficient (Wildman–Crippen LogP) is 1.34. The summed E-state index contributed by atoms with van der Waals surface area (Å²) in [6, 6.07) is 0. The molecular formula is C8H12FNO. The van der Waals surface area contributed by atoms with Gasteiger partial charge in [-0.15, -0.1) is 0 Å². The van der Waals surface area contributed by atoms with E-state index in [4.69, 9.17) is 0 Å². The van der Waals surface area contributed by atoms with Crippen LogP contribution >= 0.6 is 0 Å². The number of amides is 1. The van der Waals surface area contributed by atoms with Crippen LogP contribution in [0.15, 0.2) is 11.9 Å². The minimum Gasteiger partial charge on any atom is -0.339 e.